The first-order chi connectivity index (χ1) is 9.80. The van der Waals surface area contributed by atoms with Crippen LogP contribution >= 0.6 is 0 Å². The molecule has 0 amide bonds. The van der Waals surface area contributed by atoms with Crippen LogP contribution in [0, 0.1) is 20.8 Å². The van der Waals surface area contributed by atoms with Crippen molar-refractivity contribution in [3.05, 3.63) is 28.8 Å². The van der Waals surface area contributed by atoms with Crippen LogP contribution in [-0.2, 0) is 0 Å². The molecule has 116 valence electrons. The molecule has 1 N–H and O–H groups in total. The number of nitrogens with zero attached hydrogens (tertiary/aromatic N) is 1. The van der Waals surface area contributed by atoms with E-state index in [1.165, 1.54) is 54.6 Å². The summed E-state index contributed by atoms with van der Waals surface area (Å²) in [5.41, 5.74) is 6.23. The van der Waals surface area contributed by atoms with Gasteiger partial charge in [-0.2, -0.15) is 0 Å². The van der Waals surface area contributed by atoms with E-state index in [1.807, 2.05) is 0 Å². The van der Waals surface area contributed by atoms with Crippen molar-refractivity contribution in [1.82, 2.24) is 5.32 Å². The molecule has 1 saturated carbocycles. The fourth-order valence-corrected chi connectivity index (χ4v) is 4.86. The number of rotatable bonds is 1. The van der Waals surface area contributed by atoms with E-state index in [9.17, 15) is 0 Å². The SMILES string of the molecule is Cc1cc(C)c(N2CC(C)(C)NC3(CCCC3)C2)c(C)c1. The van der Waals surface area contributed by atoms with Crippen LogP contribution in [0.3, 0.4) is 0 Å². The van der Waals surface area contributed by atoms with Gasteiger partial charge in [0.15, 0.2) is 0 Å². The molecule has 1 aromatic rings. The topological polar surface area (TPSA) is 15.3 Å². The summed E-state index contributed by atoms with van der Waals surface area (Å²) in [5.74, 6) is 0. The van der Waals surface area contributed by atoms with Crippen molar-refractivity contribution in [2.24, 2.45) is 0 Å². The third-order valence-corrected chi connectivity index (χ3v) is 5.20. The second kappa shape index (κ2) is 5.01. The Labute approximate surface area is 129 Å². The zero-order valence-electron chi connectivity index (χ0n) is 14.3. The molecule has 0 atom stereocenters. The van der Waals surface area contributed by atoms with Gasteiger partial charge in [0.1, 0.15) is 0 Å². The summed E-state index contributed by atoms with van der Waals surface area (Å²) in [6.07, 6.45) is 5.42. The van der Waals surface area contributed by atoms with Crippen LogP contribution < -0.4 is 10.2 Å². The minimum Gasteiger partial charge on any atom is -0.367 e. The van der Waals surface area contributed by atoms with Gasteiger partial charge in [0.25, 0.3) is 0 Å². The minimum absolute atomic E-state index is 0.187. The molecule has 2 nitrogen and oxygen atoms in total. The molecular weight excluding hydrogens is 256 g/mol. The first kappa shape index (κ1) is 14.9. The first-order valence-corrected chi connectivity index (χ1v) is 8.42. The molecule has 0 bridgehead atoms. The Balaban J connectivity index is 1.98. The highest BCUT2D eigenvalue weighted by Crippen LogP contribution is 2.38. The van der Waals surface area contributed by atoms with Gasteiger partial charge in [-0.25, -0.2) is 0 Å². The number of aryl methyl sites for hydroxylation is 3. The third-order valence-electron chi connectivity index (χ3n) is 5.20. The molecule has 0 aromatic heterocycles. The fourth-order valence-electron chi connectivity index (χ4n) is 4.86. The molecular formula is C19H30N2. The van der Waals surface area contributed by atoms with Gasteiger partial charge in [-0.1, -0.05) is 30.5 Å². The molecule has 2 fully saturated rings. The van der Waals surface area contributed by atoms with Crippen molar-refractivity contribution in [3.63, 3.8) is 0 Å². The zero-order chi connectivity index (χ0) is 15.3. The number of anilines is 1. The molecule has 3 rings (SSSR count). The Bertz CT molecular complexity index is 515. The molecule has 1 aliphatic heterocycles. The third kappa shape index (κ3) is 2.83. The average Bonchev–Trinajstić information content (AvgIpc) is 2.72. The van der Waals surface area contributed by atoms with Crippen molar-refractivity contribution in [2.45, 2.75) is 71.4 Å². The van der Waals surface area contributed by atoms with E-state index in [0.717, 1.165) is 6.54 Å². The van der Waals surface area contributed by atoms with E-state index in [4.69, 9.17) is 0 Å². The lowest BCUT2D eigenvalue weighted by Gasteiger charge is -2.51. The summed E-state index contributed by atoms with van der Waals surface area (Å²) < 4.78 is 0. The number of nitrogens with one attached hydrogen (secondary N) is 1. The summed E-state index contributed by atoms with van der Waals surface area (Å²) in [4.78, 5) is 2.66. The van der Waals surface area contributed by atoms with Crippen LogP contribution in [0.4, 0.5) is 5.69 Å². The molecule has 0 radical (unpaired) electrons. The second-order valence-corrected chi connectivity index (χ2v) is 8.10. The van der Waals surface area contributed by atoms with Gasteiger partial charge in [-0.15, -0.1) is 0 Å². The van der Waals surface area contributed by atoms with Crippen molar-refractivity contribution in [3.8, 4) is 0 Å². The van der Waals surface area contributed by atoms with E-state index < -0.39 is 0 Å². The molecule has 1 heterocycles. The number of benzene rings is 1. The quantitative estimate of drug-likeness (QED) is 0.835. The van der Waals surface area contributed by atoms with Gasteiger partial charge in [-0.05, 0) is 58.6 Å². The van der Waals surface area contributed by atoms with Gasteiger partial charge in [0.2, 0.25) is 0 Å². The Morgan fingerprint density at radius 1 is 0.952 bits per heavy atom. The molecule has 2 aliphatic rings. The van der Waals surface area contributed by atoms with Gasteiger partial charge in [0.05, 0.1) is 0 Å². The predicted molar refractivity (Wildman–Crippen MR) is 91.3 cm³/mol. The fraction of sp³-hybridized carbons (Fsp3) is 0.684. The Morgan fingerprint density at radius 2 is 1.52 bits per heavy atom. The van der Waals surface area contributed by atoms with E-state index in [-0.39, 0.29) is 5.54 Å². The normalized spacial score (nSPS) is 23.8. The van der Waals surface area contributed by atoms with Gasteiger partial charge < -0.3 is 10.2 Å². The van der Waals surface area contributed by atoms with Crippen LogP contribution in [0.25, 0.3) is 0 Å². The largest absolute Gasteiger partial charge is 0.367 e. The molecule has 1 aromatic carbocycles. The monoisotopic (exact) mass is 286 g/mol. The maximum absolute atomic E-state index is 3.98. The van der Waals surface area contributed by atoms with Crippen LogP contribution in [0.1, 0.15) is 56.2 Å². The summed E-state index contributed by atoms with van der Waals surface area (Å²) in [5, 5.41) is 3.98. The maximum Gasteiger partial charge on any atom is 0.0427 e. The number of piperazine rings is 1. The highest BCUT2D eigenvalue weighted by atomic mass is 15.3. The smallest absolute Gasteiger partial charge is 0.0427 e. The van der Waals surface area contributed by atoms with E-state index in [1.54, 1.807) is 0 Å². The molecule has 0 unspecified atom stereocenters. The molecule has 1 aliphatic carbocycles. The van der Waals surface area contributed by atoms with E-state index in [2.05, 4.69) is 57.0 Å². The van der Waals surface area contributed by atoms with Crippen molar-refractivity contribution >= 4 is 5.69 Å². The lowest BCUT2D eigenvalue weighted by molar-refractivity contribution is 0.197. The highest BCUT2D eigenvalue weighted by Gasteiger charge is 2.44. The van der Waals surface area contributed by atoms with Crippen LogP contribution in [0.5, 0.6) is 0 Å². The lowest BCUT2D eigenvalue weighted by Crippen LogP contribution is -2.68. The Kier molecular flexibility index (Phi) is 3.56. The predicted octanol–water partition coefficient (Wildman–Crippen LogP) is 4.11. The average molecular weight is 286 g/mol. The summed E-state index contributed by atoms with van der Waals surface area (Å²) in [6, 6.07) is 4.66. The van der Waals surface area contributed by atoms with Crippen LogP contribution in [-0.4, -0.2) is 24.2 Å². The van der Waals surface area contributed by atoms with E-state index in [0.29, 0.717) is 5.54 Å². The first-order valence-electron chi connectivity index (χ1n) is 8.42. The van der Waals surface area contributed by atoms with Crippen molar-refractivity contribution < 1.29 is 0 Å². The Hall–Kier alpha value is -1.02. The molecule has 21 heavy (non-hydrogen) atoms. The number of hydrogen-bond donors (Lipinski definition) is 1. The van der Waals surface area contributed by atoms with Crippen LogP contribution in [0.15, 0.2) is 12.1 Å². The lowest BCUT2D eigenvalue weighted by atomic mass is 9.86. The maximum atomic E-state index is 3.98. The zero-order valence-corrected chi connectivity index (χ0v) is 14.3. The standard InChI is InChI=1S/C19H30N2/c1-14-10-15(2)17(16(3)11-14)21-12-18(4,5)20-19(13-21)8-6-7-9-19/h10-11,20H,6-9,12-13H2,1-5H3. The van der Waals surface area contributed by atoms with E-state index >= 15 is 0 Å². The summed E-state index contributed by atoms with van der Waals surface area (Å²) >= 11 is 0. The Morgan fingerprint density at radius 3 is 2.10 bits per heavy atom. The van der Waals surface area contributed by atoms with Gasteiger partial charge >= 0.3 is 0 Å². The number of hydrogen-bond acceptors (Lipinski definition) is 2. The van der Waals surface area contributed by atoms with Crippen molar-refractivity contribution in [1.29, 1.82) is 0 Å². The summed E-state index contributed by atoms with van der Waals surface area (Å²) in [7, 11) is 0. The van der Waals surface area contributed by atoms with Gasteiger partial charge in [-0.3, -0.25) is 0 Å². The van der Waals surface area contributed by atoms with Crippen LogP contribution in [0.2, 0.25) is 0 Å². The molecule has 2 heteroatoms. The molecule has 1 saturated heterocycles. The van der Waals surface area contributed by atoms with Crippen molar-refractivity contribution in [2.75, 3.05) is 18.0 Å². The molecule has 1 spiro atoms. The second-order valence-electron chi connectivity index (χ2n) is 8.10. The summed E-state index contributed by atoms with van der Waals surface area (Å²) in [6.45, 7) is 13.7. The van der Waals surface area contributed by atoms with Gasteiger partial charge in [0, 0.05) is 29.9 Å². The highest BCUT2D eigenvalue weighted by molar-refractivity contribution is 5.61. The minimum atomic E-state index is 0.187.